The van der Waals surface area contributed by atoms with Crippen LogP contribution in [0.4, 0.5) is 5.69 Å². The minimum atomic E-state index is 0.860. The van der Waals surface area contributed by atoms with Crippen molar-refractivity contribution in [3.63, 3.8) is 0 Å². The highest BCUT2D eigenvalue weighted by atomic mass is 32.1. The number of nitrogens with one attached hydrogen (secondary N) is 1. The lowest BCUT2D eigenvalue weighted by Gasteiger charge is -2.26. The highest BCUT2D eigenvalue weighted by molar-refractivity contribution is 7.80. The van der Waals surface area contributed by atoms with Gasteiger partial charge in [-0.2, -0.15) is 0 Å². The first-order valence-electron chi connectivity index (χ1n) is 7.71. The summed E-state index contributed by atoms with van der Waals surface area (Å²) in [4.78, 5) is 2.31. The number of nitrogens with zero attached hydrogens (tertiary/aromatic N) is 1. The number of hydrogen-bond donors (Lipinski definition) is 1. The molecule has 3 heteroatoms. The average molecular weight is 292 g/mol. The van der Waals surface area contributed by atoms with Crippen LogP contribution in [0.3, 0.4) is 0 Å². The van der Waals surface area contributed by atoms with Gasteiger partial charge < -0.3 is 10.2 Å². The molecule has 0 heterocycles. The van der Waals surface area contributed by atoms with E-state index in [-0.39, 0.29) is 0 Å². The molecule has 0 amide bonds. The van der Waals surface area contributed by atoms with Gasteiger partial charge in [-0.05, 0) is 50.5 Å². The second kappa shape index (κ2) is 8.96. The van der Waals surface area contributed by atoms with Gasteiger partial charge in [0.15, 0.2) is 5.11 Å². The molecule has 0 atom stereocenters. The van der Waals surface area contributed by atoms with Crippen molar-refractivity contribution >= 4 is 23.0 Å². The lowest BCUT2D eigenvalue weighted by molar-refractivity contribution is 0.403. The van der Waals surface area contributed by atoms with E-state index in [0.717, 1.165) is 23.9 Å². The lowest BCUT2D eigenvalue weighted by atomic mass is 10.1. The number of benzene rings is 1. The standard InChI is InChI=1S/C17H28N2S/c1-5-7-11-19(12-8-6-2)17(20)18-16-10-9-14(3)13-15(16)4/h9-10,13H,5-8,11-12H2,1-4H3,(H,18,20). The molecule has 0 saturated heterocycles. The highest BCUT2D eigenvalue weighted by Gasteiger charge is 2.09. The smallest absolute Gasteiger partial charge is 0.173 e. The van der Waals surface area contributed by atoms with Crippen molar-refractivity contribution in [2.24, 2.45) is 0 Å². The predicted molar refractivity (Wildman–Crippen MR) is 93.5 cm³/mol. The molecule has 112 valence electrons. The van der Waals surface area contributed by atoms with Gasteiger partial charge in [-0.1, -0.05) is 44.4 Å². The van der Waals surface area contributed by atoms with Crippen LogP contribution in [0.15, 0.2) is 18.2 Å². The molecule has 2 nitrogen and oxygen atoms in total. The van der Waals surface area contributed by atoms with Gasteiger partial charge in [0, 0.05) is 18.8 Å². The molecule has 1 aromatic carbocycles. The number of aryl methyl sites for hydroxylation is 2. The molecule has 0 bridgehead atoms. The number of unbranched alkanes of at least 4 members (excludes halogenated alkanes) is 2. The van der Waals surface area contributed by atoms with Gasteiger partial charge in [0.05, 0.1) is 0 Å². The molecular weight excluding hydrogens is 264 g/mol. The van der Waals surface area contributed by atoms with Gasteiger partial charge >= 0.3 is 0 Å². The Hall–Kier alpha value is -1.09. The van der Waals surface area contributed by atoms with E-state index in [2.05, 4.69) is 56.1 Å². The summed E-state index contributed by atoms with van der Waals surface area (Å²) in [6, 6.07) is 6.43. The summed E-state index contributed by atoms with van der Waals surface area (Å²) in [7, 11) is 0. The van der Waals surface area contributed by atoms with Crippen molar-refractivity contribution in [3.8, 4) is 0 Å². The number of rotatable bonds is 7. The van der Waals surface area contributed by atoms with E-state index in [1.807, 2.05) is 0 Å². The zero-order chi connectivity index (χ0) is 15.0. The monoisotopic (exact) mass is 292 g/mol. The molecule has 0 aliphatic heterocycles. The van der Waals surface area contributed by atoms with Crippen LogP contribution in [-0.2, 0) is 0 Å². The summed E-state index contributed by atoms with van der Waals surface area (Å²) in [6.07, 6.45) is 4.79. The summed E-state index contributed by atoms with van der Waals surface area (Å²) >= 11 is 5.59. The fourth-order valence-electron chi connectivity index (χ4n) is 2.16. The molecular formula is C17H28N2S. The van der Waals surface area contributed by atoms with Crippen molar-refractivity contribution in [2.75, 3.05) is 18.4 Å². The molecule has 0 saturated carbocycles. The van der Waals surface area contributed by atoms with Gasteiger partial charge in [0.1, 0.15) is 0 Å². The van der Waals surface area contributed by atoms with E-state index in [1.54, 1.807) is 0 Å². The number of thiocarbonyl (C=S) groups is 1. The molecule has 0 aromatic heterocycles. The first-order chi connectivity index (χ1) is 9.58. The molecule has 0 fully saturated rings. The Morgan fingerprint density at radius 1 is 1.10 bits per heavy atom. The first-order valence-corrected chi connectivity index (χ1v) is 8.12. The van der Waals surface area contributed by atoms with Gasteiger partial charge in [-0.25, -0.2) is 0 Å². The minimum Gasteiger partial charge on any atom is -0.349 e. The Morgan fingerprint density at radius 3 is 2.20 bits per heavy atom. The van der Waals surface area contributed by atoms with Crippen LogP contribution in [0.1, 0.15) is 50.7 Å². The van der Waals surface area contributed by atoms with Crippen molar-refractivity contribution < 1.29 is 0 Å². The second-order valence-corrected chi connectivity index (χ2v) is 5.83. The summed E-state index contributed by atoms with van der Waals surface area (Å²) in [5.41, 5.74) is 3.66. The Bertz CT molecular complexity index is 421. The van der Waals surface area contributed by atoms with Crippen LogP contribution in [-0.4, -0.2) is 23.1 Å². The van der Waals surface area contributed by atoms with E-state index < -0.39 is 0 Å². The Kier molecular flexibility index (Phi) is 7.60. The first kappa shape index (κ1) is 17.0. The summed E-state index contributed by atoms with van der Waals surface area (Å²) in [5, 5.41) is 4.27. The topological polar surface area (TPSA) is 15.3 Å². The zero-order valence-electron chi connectivity index (χ0n) is 13.3. The molecule has 0 radical (unpaired) electrons. The molecule has 1 rings (SSSR count). The van der Waals surface area contributed by atoms with Crippen LogP contribution >= 0.6 is 12.2 Å². The third-order valence-electron chi connectivity index (χ3n) is 3.47. The predicted octanol–water partition coefficient (Wildman–Crippen LogP) is 4.90. The van der Waals surface area contributed by atoms with Gasteiger partial charge in [0.2, 0.25) is 0 Å². The Morgan fingerprint density at radius 2 is 1.70 bits per heavy atom. The fraction of sp³-hybridized carbons (Fsp3) is 0.588. The fourth-order valence-corrected chi connectivity index (χ4v) is 2.45. The third-order valence-corrected chi connectivity index (χ3v) is 3.83. The van der Waals surface area contributed by atoms with Gasteiger partial charge in [0.25, 0.3) is 0 Å². The van der Waals surface area contributed by atoms with Crippen LogP contribution in [0.5, 0.6) is 0 Å². The summed E-state index contributed by atoms with van der Waals surface area (Å²) in [5.74, 6) is 0. The molecule has 0 aliphatic rings. The van der Waals surface area contributed by atoms with Gasteiger partial charge in [-0.3, -0.25) is 0 Å². The van der Waals surface area contributed by atoms with E-state index in [9.17, 15) is 0 Å². The average Bonchev–Trinajstić information content (AvgIpc) is 2.42. The van der Waals surface area contributed by atoms with Crippen LogP contribution in [0.25, 0.3) is 0 Å². The SMILES string of the molecule is CCCCN(CCCC)C(=S)Nc1ccc(C)cc1C. The summed E-state index contributed by atoms with van der Waals surface area (Å²) < 4.78 is 0. The Balaban J connectivity index is 2.68. The molecule has 0 aliphatic carbocycles. The van der Waals surface area contributed by atoms with Crippen LogP contribution in [0.2, 0.25) is 0 Å². The van der Waals surface area contributed by atoms with Gasteiger partial charge in [-0.15, -0.1) is 0 Å². The molecule has 1 N–H and O–H groups in total. The van der Waals surface area contributed by atoms with E-state index >= 15 is 0 Å². The normalized spacial score (nSPS) is 10.4. The molecule has 1 aromatic rings. The van der Waals surface area contributed by atoms with Crippen LogP contribution < -0.4 is 5.32 Å². The van der Waals surface area contributed by atoms with Crippen molar-refractivity contribution in [3.05, 3.63) is 29.3 Å². The van der Waals surface area contributed by atoms with Crippen molar-refractivity contribution in [1.29, 1.82) is 0 Å². The molecule has 0 unspecified atom stereocenters. The third kappa shape index (κ3) is 5.49. The zero-order valence-corrected chi connectivity index (χ0v) is 14.1. The van der Waals surface area contributed by atoms with E-state index in [4.69, 9.17) is 12.2 Å². The van der Waals surface area contributed by atoms with Crippen molar-refractivity contribution in [1.82, 2.24) is 4.90 Å². The maximum absolute atomic E-state index is 5.59. The molecule has 0 spiro atoms. The second-order valence-electron chi connectivity index (χ2n) is 5.44. The number of hydrogen-bond acceptors (Lipinski definition) is 1. The maximum Gasteiger partial charge on any atom is 0.173 e. The van der Waals surface area contributed by atoms with E-state index in [0.29, 0.717) is 0 Å². The summed E-state index contributed by atoms with van der Waals surface area (Å²) in [6.45, 7) is 10.8. The van der Waals surface area contributed by atoms with Crippen LogP contribution in [0, 0.1) is 13.8 Å². The lowest BCUT2D eigenvalue weighted by Crippen LogP contribution is -2.36. The minimum absolute atomic E-state index is 0.860. The quantitative estimate of drug-likeness (QED) is 0.719. The Labute approximate surface area is 129 Å². The molecule has 20 heavy (non-hydrogen) atoms. The largest absolute Gasteiger partial charge is 0.349 e. The maximum atomic E-state index is 5.59. The number of anilines is 1. The van der Waals surface area contributed by atoms with Crippen molar-refractivity contribution in [2.45, 2.75) is 53.4 Å². The van der Waals surface area contributed by atoms with E-state index in [1.165, 1.54) is 36.8 Å². The highest BCUT2D eigenvalue weighted by Crippen LogP contribution is 2.17.